The summed E-state index contributed by atoms with van der Waals surface area (Å²) in [6, 6.07) is 0.530. The van der Waals surface area contributed by atoms with E-state index in [1.165, 1.54) is 6.42 Å². The minimum Gasteiger partial charge on any atom is -0.377 e. The van der Waals surface area contributed by atoms with Gasteiger partial charge in [-0.3, -0.25) is 0 Å². The molecule has 1 heterocycles. The molecule has 0 radical (unpaired) electrons. The molecule has 1 aliphatic heterocycles. The van der Waals surface area contributed by atoms with Crippen molar-refractivity contribution < 1.29 is 4.74 Å². The molecule has 2 atom stereocenters. The Bertz CT molecular complexity index is 205. The van der Waals surface area contributed by atoms with Crippen LogP contribution >= 0.6 is 0 Å². The highest BCUT2D eigenvalue weighted by Gasteiger charge is 2.32. The Kier molecular flexibility index (Phi) is 3.83. The molecule has 15 heavy (non-hydrogen) atoms. The Morgan fingerprint density at radius 2 is 1.80 bits per heavy atom. The second-order valence-corrected chi connectivity index (χ2v) is 6.74. The summed E-state index contributed by atoms with van der Waals surface area (Å²) >= 11 is 0. The van der Waals surface area contributed by atoms with Gasteiger partial charge in [-0.1, -0.05) is 20.8 Å². The zero-order valence-electron chi connectivity index (χ0n) is 11.2. The SMILES string of the molecule is C[C@@H]1OCC[C@@H]1NC(C)(C)CC(C)(C)C. The first-order valence-corrected chi connectivity index (χ1v) is 6.09. The molecule has 0 amide bonds. The molecule has 1 fully saturated rings. The molecule has 0 aliphatic carbocycles. The smallest absolute Gasteiger partial charge is 0.0700 e. The molecule has 0 aromatic rings. The molecule has 1 aliphatic rings. The molecule has 1 saturated heterocycles. The van der Waals surface area contributed by atoms with Crippen LogP contribution in [0.4, 0.5) is 0 Å². The number of hydrogen-bond acceptors (Lipinski definition) is 2. The summed E-state index contributed by atoms with van der Waals surface area (Å²) in [5, 5.41) is 3.74. The molecule has 0 aromatic carbocycles. The Morgan fingerprint density at radius 1 is 1.20 bits per heavy atom. The number of nitrogens with one attached hydrogen (secondary N) is 1. The predicted octanol–water partition coefficient (Wildman–Crippen LogP) is 2.97. The molecule has 90 valence electrons. The van der Waals surface area contributed by atoms with Crippen LogP contribution in [0.25, 0.3) is 0 Å². The summed E-state index contributed by atoms with van der Waals surface area (Å²) < 4.78 is 5.58. The molecule has 2 heteroatoms. The highest BCUT2D eigenvalue weighted by molar-refractivity contribution is 4.90. The van der Waals surface area contributed by atoms with E-state index in [-0.39, 0.29) is 5.54 Å². The van der Waals surface area contributed by atoms with E-state index in [1.54, 1.807) is 0 Å². The van der Waals surface area contributed by atoms with Crippen molar-refractivity contribution in [1.29, 1.82) is 0 Å². The van der Waals surface area contributed by atoms with Crippen LogP contribution in [0.15, 0.2) is 0 Å². The Labute approximate surface area is 94.8 Å². The second kappa shape index (κ2) is 4.42. The van der Waals surface area contributed by atoms with E-state index in [0.29, 0.717) is 17.6 Å². The fourth-order valence-corrected chi connectivity index (χ4v) is 2.80. The van der Waals surface area contributed by atoms with Crippen molar-refractivity contribution in [3.05, 3.63) is 0 Å². The van der Waals surface area contributed by atoms with E-state index >= 15 is 0 Å². The van der Waals surface area contributed by atoms with Crippen LogP contribution < -0.4 is 5.32 Å². The summed E-state index contributed by atoms with van der Waals surface area (Å²) in [7, 11) is 0. The molecule has 1 rings (SSSR count). The lowest BCUT2D eigenvalue weighted by atomic mass is 9.81. The van der Waals surface area contributed by atoms with Gasteiger partial charge in [0.1, 0.15) is 0 Å². The summed E-state index contributed by atoms with van der Waals surface area (Å²) in [4.78, 5) is 0. The molecule has 1 N–H and O–H groups in total. The predicted molar refractivity (Wildman–Crippen MR) is 65.1 cm³/mol. The molecule has 2 nitrogen and oxygen atoms in total. The molecular weight excluding hydrogens is 186 g/mol. The highest BCUT2D eigenvalue weighted by atomic mass is 16.5. The zero-order chi connectivity index (χ0) is 11.7. The molecule has 0 unspecified atom stereocenters. The van der Waals surface area contributed by atoms with Gasteiger partial charge in [-0.15, -0.1) is 0 Å². The zero-order valence-corrected chi connectivity index (χ0v) is 11.2. The standard InChI is InChI=1S/C13H27NO/c1-10-11(7-8-15-10)14-13(5,6)9-12(2,3)4/h10-11,14H,7-9H2,1-6H3/t10-,11-/m0/s1. The van der Waals surface area contributed by atoms with Gasteiger partial charge in [0.15, 0.2) is 0 Å². The Hall–Kier alpha value is -0.0800. The van der Waals surface area contributed by atoms with E-state index in [1.807, 2.05) is 0 Å². The Morgan fingerprint density at radius 3 is 2.20 bits per heavy atom. The summed E-state index contributed by atoms with van der Waals surface area (Å²) in [5.41, 5.74) is 0.573. The number of rotatable bonds is 3. The van der Waals surface area contributed by atoms with Crippen molar-refractivity contribution in [2.75, 3.05) is 6.61 Å². The fourth-order valence-electron chi connectivity index (χ4n) is 2.80. The van der Waals surface area contributed by atoms with Crippen LogP contribution in [0, 0.1) is 5.41 Å². The maximum atomic E-state index is 5.58. The van der Waals surface area contributed by atoms with Gasteiger partial charge in [0.2, 0.25) is 0 Å². The van der Waals surface area contributed by atoms with Crippen LogP contribution in [0.1, 0.15) is 54.4 Å². The quantitative estimate of drug-likeness (QED) is 0.778. The average Bonchev–Trinajstić information content (AvgIpc) is 2.29. The van der Waals surface area contributed by atoms with Crippen molar-refractivity contribution in [3.8, 4) is 0 Å². The van der Waals surface area contributed by atoms with Gasteiger partial charge in [0, 0.05) is 18.2 Å². The van der Waals surface area contributed by atoms with E-state index in [0.717, 1.165) is 13.0 Å². The van der Waals surface area contributed by atoms with Crippen molar-refractivity contribution >= 4 is 0 Å². The van der Waals surface area contributed by atoms with Gasteiger partial charge in [-0.25, -0.2) is 0 Å². The second-order valence-electron chi connectivity index (χ2n) is 6.74. The third-order valence-corrected chi connectivity index (χ3v) is 2.92. The van der Waals surface area contributed by atoms with Crippen LogP contribution in [0.2, 0.25) is 0 Å². The summed E-state index contributed by atoms with van der Waals surface area (Å²) in [5.74, 6) is 0. The first kappa shape index (κ1) is 13.0. The fraction of sp³-hybridized carbons (Fsp3) is 1.00. The normalized spacial score (nSPS) is 28.4. The first-order chi connectivity index (χ1) is 6.70. The van der Waals surface area contributed by atoms with Crippen LogP contribution in [-0.4, -0.2) is 24.3 Å². The van der Waals surface area contributed by atoms with Crippen LogP contribution in [0.3, 0.4) is 0 Å². The first-order valence-electron chi connectivity index (χ1n) is 6.09. The van der Waals surface area contributed by atoms with Gasteiger partial charge in [0.05, 0.1) is 6.10 Å². The van der Waals surface area contributed by atoms with Gasteiger partial charge in [-0.2, -0.15) is 0 Å². The minimum atomic E-state index is 0.199. The molecule has 0 saturated carbocycles. The lowest BCUT2D eigenvalue weighted by Crippen LogP contribution is -2.50. The molecular formula is C13H27NO. The maximum Gasteiger partial charge on any atom is 0.0700 e. The molecule has 0 spiro atoms. The van der Waals surface area contributed by atoms with Crippen molar-refractivity contribution in [2.45, 2.75) is 72.1 Å². The average molecular weight is 213 g/mol. The summed E-state index contributed by atoms with van der Waals surface area (Å²) in [6.45, 7) is 14.6. The van der Waals surface area contributed by atoms with E-state index in [9.17, 15) is 0 Å². The van der Waals surface area contributed by atoms with Gasteiger partial charge in [-0.05, 0) is 39.0 Å². The Balaban J connectivity index is 2.48. The van der Waals surface area contributed by atoms with E-state index in [2.05, 4.69) is 46.9 Å². The topological polar surface area (TPSA) is 21.3 Å². The van der Waals surface area contributed by atoms with Crippen molar-refractivity contribution in [2.24, 2.45) is 5.41 Å². The third kappa shape index (κ3) is 4.52. The van der Waals surface area contributed by atoms with Crippen molar-refractivity contribution in [1.82, 2.24) is 5.32 Å². The van der Waals surface area contributed by atoms with Gasteiger partial charge >= 0.3 is 0 Å². The van der Waals surface area contributed by atoms with Crippen molar-refractivity contribution in [3.63, 3.8) is 0 Å². The highest BCUT2D eigenvalue weighted by Crippen LogP contribution is 2.28. The summed E-state index contributed by atoms with van der Waals surface area (Å²) in [6.07, 6.45) is 2.70. The number of ether oxygens (including phenoxy) is 1. The lowest BCUT2D eigenvalue weighted by molar-refractivity contribution is 0.102. The number of hydrogen-bond donors (Lipinski definition) is 1. The van der Waals surface area contributed by atoms with Gasteiger partial charge in [0.25, 0.3) is 0 Å². The maximum absolute atomic E-state index is 5.58. The van der Waals surface area contributed by atoms with E-state index < -0.39 is 0 Å². The molecule has 0 bridgehead atoms. The van der Waals surface area contributed by atoms with Crippen LogP contribution in [-0.2, 0) is 4.74 Å². The van der Waals surface area contributed by atoms with Gasteiger partial charge < -0.3 is 10.1 Å². The molecule has 0 aromatic heterocycles. The minimum absolute atomic E-state index is 0.199. The monoisotopic (exact) mass is 213 g/mol. The third-order valence-electron chi connectivity index (χ3n) is 2.92. The van der Waals surface area contributed by atoms with E-state index in [4.69, 9.17) is 4.74 Å². The van der Waals surface area contributed by atoms with Crippen LogP contribution in [0.5, 0.6) is 0 Å². The largest absolute Gasteiger partial charge is 0.377 e. The lowest BCUT2D eigenvalue weighted by Gasteiger charge is -2.36.